The number of aliphatic hydroxyl groups is 2. The summed E-state index contributed by atoms with van der Waals surface area (Å²) in [7, 11) is 0. The fourth-order valence-electron chi connectivity index (χ4n) is 9.02. The van der Waals surface area contributed by atoms with Gasteiger partial charge in [0.2, 0.25) is 5.91 Å². The number of carbonyl (C=O) groups is 2. The number of hydrogen-bond acceptors (Lipinski definition) is 5. The van der Waals surface area contributed by atoms with Gasteiger partial charge in [0.25, 0.3) is 0 Å². The van der Waals surface area contributed by atoms with Crippen LogP contribution in [0.2, 0.25) is 0 Å². The summed E-state index contributed by atoms with van der Waals surface area (Å²) < 4.78 is 5.95. The molecule has 0 aliphatic carbocycles. The van der Waals surface area contributed by atoms with Crippen LogP contribution >= 0.6 is 0 Å². The van der Waals surface area contributed by atoms with Crippen LogP contribution in [0.1, 0.15) is 316 Å². The van der Waals surface area contributed by atoms with Crippen LogP contribution in [0.25, 0.3) is 0 Å². The molecule has 63 heavy (non-hydrogen) atoms. The predicted molar refractivity (Wildman–Crippen MR) is 273 cm³/mol. The molecule has 6 heteroatoms. The summed E-state index contributed by atoms with van der Waals surface area (Å²) in [5.74, 6) is -0.458. The lowest BCUT2D eigenvalue weighted by molar-refractivity contribution is -0.151. The number of rotatable bonds is 52. The van der Waals surface area contributed by atoms with Gasteiger partial charge in [0.1, 0.15) is 6.10 Å². The second-order valence-corrected chi connectivity index (χ2v) is 19.7. The Balaban J connectivity index is 4.45. The number of esters is 1. The molecule has 0 aromatic heterocycles. The highest BCUT2D eigenvalue weighted by Crippen LogP contribution is 2.19. The van der Waals surface area contributed by atoms with Gasteiger partial charge in [0, 0.05) is 6.42 Å². The third-order valence-electron chi connectivity index (χ3n) is 13.3. The van der Waals surface area contributed by atoms with E-state index in [0.29, 0.717) is 19.3 Å². The number of nitrogens with one attached hydrogen (secondary N) is 1. The van der Waals surface area contributed by atoms with Gasteiger partial charge in [0.05, 0.1) is 25.2 Å². The van der Waals surface area contributed by atoms with Crippen LogP contribution in [0.15, 0.2) is 12.2 Å². The molecule has 0 aliphatic rings. The Morgan fingerprint density at radius 3 is 1.14 bits per heavy atom. The number of unbranched alkanes of at least 4 members (excludes halogenated alkanes) is 38. The van der Waals surface area contributed by atoms with Crippen molar-refractivity contribution in [2.45, 2.75) is 334 Å². The molecule has 3 unspecified atom stereocenters. The van der Waals surface area contributed by atoms with Crippen LogP contribution in [-0.4, -0.2) is 46.9 Å². The zero-order valence-electron chi connectivity index (χ0n) is 42.7. The number of amides is 1. The normalized spacial score (nSPS) is 13.2. The summed E-state index contributed by atoms with van der Waals surface area (Å²) in [5, 5.41) is 23.9. The Kier molecular flexibility index (Phi) is 50.4. The van der Waals surface area contributed by atoms with Crippen LogP contribution in [-0.2, 0) is 14.3 Å². The van der Waals surface area contributed by atoms with Gasteiger partial charge in [-0.15, -0.1) is 0 Å². The Morgan fingerprint density at radius 1 is 0.444 bits per heavy atom. The molecular weight excluding hydrogens is 779 g/mol. The lowest BCUT2D eigenvalue weighted by Crippen LogP contribution is -2.46. The molecule has 3 atom stereocenters. The molecule has 0 saturated carbocycles. The zero-order chi connectivity index (χ0) is 45.9. The van der Waals surface area contributed by atoms with E-state index < -0.39 is 18.2 Å². The van der Waals surface area contributed by atoms with Crippen LogP contribution in [0.4, 0.5) is 0 Å². The van der Waals surface area contributed by atoms with Crippen LogP contribution in [0.3, 0.4) is 0 Å². The second kappa shape index (κ2) is 51.6. The van der Waals surface area contributed by atoms with Gasteiger partial charge in [-0.3, -0.25) is 9.59 Å². The van der Waals surface area contributed by atoms with E-state index in [1.54, 1.807) is 0 Å². The van der Waals surface area contributed by atoms with Gasteiger partial charge in [0.15, 0.2) is 0 Å². The largest absolute Gasteiger partial charge is 0.462 e. The molecule has 374 valence electrons. The molecule has 0 fully saturated rings. The van der Waals surface area contributed by atoms with E-state index >= 15 is 0 Å². The Bertz CT molecular complexity index is 955. The van der Waals surface area contributed by atoms with E-state index in [4.69, 9.17) is 4.74 Å². The highest BCUT2D eigenvalue weighted by molar-refractivity contribution is 5.77. The van der Waals surface area contributed by atoms with E-state index in [9.17, 15) is 19.8 Å². The lowest BCUT2D eigenvalue weighted by atomic mass is 10.0. The van der Waals surface area contributed by atoms with Crippen molar-refractivity contribution in [1.29, 1.82) is 0 Å². The lowest BCUT2D eigenvalue weighted by Gasteiger charge is -2.24. The maximum Gasteiger partial charge on any atom is 0.306 e. The SMILES string of the molecule is CCCCCC/C=C\CCCCCCCCCC(=O)OC(CCCCCCCCCCCCCC)CC(=O)NC(CO)C(O)CCCCCCCCCCCCCCCCCCC. The van der Waals surface area contributed by atoms with Gasteiger partial charge in [-0.25, -0.2) is 0 Å². The summed E-state index contributed by atoms with van der Waals surface area (Å²) >= 11 is 0. The maximum atomic E-state index is 13.2. The fraction of sp³-hybridized carbons (Fsp3) is 0.930. The van der Waals surface area contributed by atoms with Crippen molar-refractivity contribution in [2.75, 3.05) is 6.61 Å². The molecule has 0 aromatic rings. The van der Waals surface area contributed by atoms with E-state index in [2.05, 4.69) is 38.2 Å². The molecule has 0 heterocycles. The molecule has 0 radical (unpaired) electrons. The van der Waals surface area contributed by atoms with Crippen molar-refractivity contribution in [2.24, 2.45) is 0 Å². The van der Waals surface area contributed by atoms with E-state index in [0.717, 1.165) is 44.9 Å². The average molecular weight is 891 g/mol. The van der Waals surface area contributed by atoms with Crippen molar-refractivity contribution >= 4 is 11.9 Å². The molecule has 3 N–H and O–H groups in total. The van der Waals surface area contributed by atoms with Crippen molar-refractivity contribution in [1.82, 2.24) is 5.32 Å². The number of carbonyl (C=O) groups excluding carboxylic acids is 2. The van der Waals surface area contributed by atoms with Crippen LogP contribution in [0.5, 0.6) is 0 Å². The monoisotopic (exact) mass is 890 g/mol. The average Bonchev–Trinajstić information content (AvgIpc) is 3.28. The molecule has 0 bridgehead atoms. The summed E-state index contributed by atoms with van der Waals surface area (Å²) in [6, 6.07) is -0.696. The fourth-order valence-corrected chi connectivity index (χ4v) is 9.02. The van der Waals surface area contributed by atoms with Gasteiger partial charge in [-0.05, 0) is 51.4 Å². The highest BCUT2D eigenvalue weighted by Gasteiger charge is 2.24. The van der Waals surface area contributed by atoms with Gasteiger partial charge in [-0.2, -0.15) is 0 Å². The molecule has 0 saturated heterocycles. The smallest absolute Gasteiger partial charge is 0.306 e. The minimum atomic E-state index is -0.783. The highest BCUT2D eigenvalue weighted by atomic mass is 16.5. The minimum absolute atomic E-state index is 0.0835. The standard InChI is InChI=1S/C57H111NO5/c1-4-7-10-13-16-19-22-25-27-28-30-31-34-37-40-43-46-49-55(60)54(52-59)58-56(61)51-53(48-45-42-39-36-33-24-21-18-15-12-9-6-3)63-57(62)50-47-44-41-38-35-32-29-26-23-20-17-14-11-8-5-2/h20,23,53-55,59-60H,4-19,21-22,24-52H2,1-3H3,(H,58,61)/b23-20-. The summed E-state index contributed by atoms with van der Waals surface area (Å²) in [6.07, 6.45) is 58.4. The number of hydrogen-bond donors (Lipinski definition) is 3. The molecule has 0 aromatic carbocycles. The predicted octanol–water partition coefficient (Wildman–Crippen LogP) is 17.3. The summed E-state index contributed by atoms with van der Waals surface area (Å²) in [4.78, 5) is 26.2. The van der Waals surface area contributed by atoms with E-state index in [1.165, 1.54) is 225 Å². The number of ether oxygens (including phenoxy) is 1. The van der Waals surface area contributed by atoms with Crippen molar-refractivity contribution in [3.63, 3.8) is 0 Å². The van der Waals surface area contributed by atoms with E-state index in [1.807, 2.05) is 0 Å². The quantitative estimate of drug-likeness (QED) is 0.0321. The van der Waals surface area contributed by atoms with Gasteiger partial charge in [-0.1, -0.05) is 264 Å². The first-order valence-corrected chi connectivity index (χ1v) is 28.4. The minimum Gasteiger partial charge on any atom is -0.462 e. The molecule has 0 spiro atoms. The molecular formula is C57H111NO5. The van der Waals surface area contributed by atoms with E-state index in [-0.39, 0.29) is 24.9 Å². The molecule has 0 aliphatic heterocycles. The first kappa shape index (κ1) is 61.6. The zero-order valence-corrected chi connectivity index (χ0v) is 42.7. The number of aliphatic hydroxyl groups excluding tert-OH is 2. The summed E-state index contributed by atoms with van der Waals surface area (Å²) in [5.41, 5.74) is 0. The molecule has 6 nitrogen and oxygen atoms in total. The number of allylic oxidation sites excluding steroid dienone is 2. The van der Waals surface area contributed by atoms with Crippen LogP contribution in [0, 0.1) is 0 Å². The van der Waals surface area contributed by atoms with Gasteiger partial charge < -0.3 is 20.3 Å². The van der Waals surface area contributed by atoms with Crippen molar-refractivity contribution in [3.8, 4) is 0 Å². The Hall–Kier alpha value is -1.40. The van der Waals surface area contributed by atoms with Crippen LogP contribution < -0.4 is 5.32 Å². The first-order chi connectivity index (χ1) is 31.0. The Morgan fingerprint density at radius 2 is 0.762 bits per heavy atom. The Labute approximate surface area is 393 Å². The van der Waals surface area contributed by atoms with Crippen molar-refractivity contribution in [3.05, 3.63) is 12.2 Å². The first-order valence-electron chi connectivity index (χ1n) is 28.4. The molecule has 0 rings (SSSR count). The molecule has 1 amide bonds. The summed E-state index contributed by atoms with van der Waals surface area (Å²) in [6.45, 7) is 6.51. The topological polar surface area (TPSA) is 95.9 Å². The van der Waals surface area contributed by atoms with Crippen molar-refractivity contribution < 1.29 is 24.5 Å². The van der Waals surface area contributed by atoms with Gasteiger partial charge >= 0.3 is 5.97 Å². The third kappa shape index (κ3) is 46.9. The second-order valence-electron chi connectivity index (χ2n) is 19.7. The third-order valence-corrected chi connectivity index (χ3v) is 13.3. The maximum absolute atomic E-state index is 13.2.